The molecule has 4 heteroatoms. The first kappa shape index (κ1) is 15.5. The molecule has 2 N–H and O–H groups in total. The Morgan fingerprint density at radius 2 is 1.55 bits per heavy atom. The molecule has 0 aliphatic rings. The van der Waals surface area contributed by atoms with Crippen LogP contribution in [-0.2, 0) is 9.59 Å². The summed E-state index contributed by atoms with van der Waals surface area (Å²) in [5, 5.41) is 5.38. The lowest BCUT2D eigenvalue weighted by Gasteiger charge is -2.12. The Hall–Kier alpha value is -2.88. The first-order valence-electron chi connectivity index (χ1n) is 7.04. The molecule has 0 spiro atoms. The second-order valence-corrected chi connectivity index (χ2v) is 4.83. The molecule has 0 aliphatic carbocycles. The zero-order valence-corrected chi connectivity index (χ0v) is 12.3. The van der Waals surface area contributed by atoms with Gasteiger partial charge in [-0.2, -0.15) is 0 Å². The molecule has 1 unspecified atom stereocenters. The van der Waals surface area contributed by atoms with E-state index in [4.69, 9.17) is 0 Å². The predicted molar refractivity (Wildman–Crippen MR) is 88.2 cm³/mol. The van der Waals surface area contributed by atoms with E-state index in [0.717, 1.165) is 5.56 Å². The van der Waals surface area contributed by atoms with Crippen LogP contribution < -0.4 is 10.6 Å². The summed E-state index contributed by atoms with van der Waals surface area (Å²) >= 11 is 0. The third kappa shape index (κ3) is 4.90. The molecule has 2 amide bonds. The van der Waals surface area contributed by atoms with Crippen LogP contribution >= 0.6 is 0 Å². The van der Waals surface area contributed by atoms with Gasteiger partial charge in [0.1, 0.15) is 6.04 Å². The van der Waals surface area contributed by atoms with Crippen LogP contribution in [0.3, 0.4) is 0 Å². The van der Waals surface area contributed by atoms with Crippen LogP contribution in [0.1, 0.15) is 12.5 Å². The third-order valence-corrected chi connectivity index (χ3v) is 3.02. The molecular weight excluding hydrogens is 276 g/mol. The lowest BCUT2D eigenvalue weighted by Crippen LogP contribution is -2.40. The average molecular weight is 294 g/mol. The highest BCUT2D eigenvalue weighted by molar-refractivity contribution is 5.99. The standard InChI is InChI=1S/C18H18N2O2/c1-14(18(22)20-16-10-6-3-7-11-16)19-17(21)13-12-15-8-4-2-5-9-15/h2-14H,1H3,(H,19,21)(H,20,22)/b13-12+. The maximum absolute atomic E-state index is 12.0. The average Bonchev–Trinajstić information content (AvgIpc) is 2.55. The number of hydrogen-bond acceptors (Lipinski definition) is 2. The second-order valence-electron chi connectivity index (χ2n) is 4.83. The summed E-state index contributed by atoms with van der Waals surface area (Å²) < 4.78 is 0. The number of carbonyl (C=O) groups excluding carboxylic acids is 2. The topological polar surface area (TPSA) is 58.2 Å². The van der Waals surface area contributed by atoms with Crippen molar-refractivity contribution < 1.29 is 9.59 Å². The van der Waals surface area contributed by atoms with E-state index in [1.807, 2.05) is 48.5 Å². The fraction of sp³-hybridized carbons (Fsp3) is 0.111. The number of para-hydroxylation sites is 1. The minimum Gasteiger partial charge on any atom is -0.341 e. The number of carbonyl (C=O) groups is 2. The van der Waals surface area contributed by atoms with Gasteiger partial charge in [0, 0.05) is 11.8 Å². The first-order valence-corrected chi connectivity index (χ1v) is 7.04. The fourth-order valence-electron chi connectivity index (χ4n) is 1.84. The first-order chi connectivity index (χ1) is 10.6. The smallest absolute Gasteiger partial charge is 0.246 e. The van der Waals surface area contributed by atoms with Gasteiger partial charge >= 0.3 is 0 Å². The van der Waals surface area contributed by atoms with Crippen LogP contribution in [0.2, 0.25) is 0 Å². The Bertz CT molecular complexity index is 651. The Morgan fingerprint density at radius 3 is 2.18 bits per heavy atom. The van der Waals surface area contributed by atoms with E-state index in [2.05, 4.69) is 10.6 Å². The van der Waals surface area contributed by atoms with Crippen molar-refractivity contribution in [2.45, 2.75) is 13.0 Å². The zero-order chi connectivity index (χ0) is 15.8. The Balaban J connectivity index is 1.85. The van der Waals surface area contributed by atoms with Crippen molar-refractivity contribution in [3.8, 4) is 0 Å². The number of anilines is 1. The molecule has 0 fully saturated rings. The molecule has 1 atom stereocenters. The van der Waals surface area contributed by atoms with Gasteiger partial charge in [0.2, 0.25) is 11.8 Å². The van der Waals surface area contributed by atoms with Gasteiger partial charge in [-0.3, -0.25) is 9.59 Å². The van der Waals surface area contributed by atoms with Gasteiger partial charge in [-0.25, -0.2) is 0 Å². The quantitative estimate of drug-likeness (QED) is 0.833. The van der Waals surface area contributed by atoms with E-state index in [0.29, 0.717) is 5.69 Å². The highest BCUT2D eigenvalue weighted by atomic mass is 16.2. The number of rotatable bonds is 5. The van der Waals surface area contributed by atoms with Crippen molar-refractivity contribution >= 4 is 23.6 Å². The molecule has 4 nitrogen and oxygen atoms in total. The molecule has 0 heterocycles. The summed E-state index contributed by atoms with van der Waals surface area (Å²) in [6, 6.07) is 18.0. The van der Waals surface area contributed by atoms with Crippen LogP contribution in [0, 0.1) is 0 Å². The number of nitrogens with one attached hydrogen (secondary N) is 2. The summed E-state index contributed by atoms with van der Waals surface area (Å²) in [6.07, 6.45) is 3.12. The van der Waals surface area contributed by atoms with Crippen molar-refractivity contribution in [2.24, 2.45) is 0 Å². The molecule has 0 bridgehead atoms. The molecule has 0 saturated heterocycles. The Kier molecular flexibility index (Phi) is 5.49. The third-order valence-electron chi connectivity index (χ3n) is 3.02. The number of benzene rings is 2. The minimum atomic E-state index is -0.617. The van der Waals surface area contributed by atoms with Crippen LogP contribution in [0.4, 0.5) is 5.69 Å². The molecule has 0 aliphatic heterocycles. The zero-order valence-electron chi connectivity index (χ0n) is 12.3. The van der Waals surface area contributed by atoms with Gasteiger partial charge in [-0.1, -0.05) is 48.5 Å². The number of hydrogen-bond donors (Lipinski definition) is 2. The molecule has 2 rings (SSSR count). The largest absolute Gasteiger partial charge is 0.341 e. The lowest BCUT2D eigenvalue weighted by molar-refractivity contribution is -0.123. The molecule has 0 aromatic heterocycles. The van der Waals surface area contributed by atoms with Gasteiger partial charge in [0.15, 0.2) is 0 Å². The van der Waals surface area contributed by atoms with Gasteiger partial charge in [-0.15, -0.1) is 0 Å². The van der Waals surface area contributed by atoms with Crippen molar-refractivity contribution in [3.05, 3.63) is 72.3 Å². The van der Waals surface area contributed by atoms with Crippen molar-refractivity contribution in [1.29, 1.82) is 0 Å². The van der Waals surface area contributed by atoms with E-state index in [-0.39, 0.29) is 11.8 Å². The summed E-state index contributed by atoms with van der Waals surface area (Å²) in [7, 11) is 0. The van der Waals surface area contributed by atoms with Crippen LogP contribution in [0.5, 0.6) is 0 Å². The van der Waals surface area contributed by atoms with E-state index >= 15 is 0 Å². The molecular formula is C18H18N2O2. The van der Waals surface area contributed by atoms with Crippen LogP contribution in [0.25, 0.3) is 6.08 Å². The summed E-state index contributed by atoms with van der Waals surface area (Å²) in [5.74, 6) is -0.563. The van der Waals surface area contributed by atoms with E-state index in [1.165, 1.54) is 6.08 Å². The van der Waals surface area contributed by atoms with Crippen LogP contribution in [-0.4, -0.2) is 17.9 Å². The highest BCUT2D eigenvalue weighted by Crippen LogP contribution is 2.05. The Morgan fingerprint density at radius 1 is 0.955 bits per heavy atom. The predicted octanol–water partition coefficient (Wildman–Crippen LogP) is 2.84. The number of amides is 2. The maximum Gasteiger partial charge on any atom is 0.246 e. The highest BCUT2D eigenvalue weighted by Gasteiger charge is 2.14. The normalized spacial score (nSPS) is 11.9. The van der Waals surface area contributed by atoms with Gasteiger partial charge in [0.25, 0.3) is 0 Å². The van der Waals surface area contributed by atoms with Crippen LogP contribution in [0.15, 0.2) is 66.7 Å². The summed E-state index contributed by atoms with van der Waals surface area (Å²) in [6.45, 7) is 1.65. The van der Waals surface area contributed by atoms with Crippen molar-refractivity contribution in [1.82, 2.24) is 5.32 Å². The lowest BCUT2D eigenvalue weighted by atomic mass is 10.2. The molecule has 22 heavy (non-hydrogen) atoms. The molecule has 0 saturated carbocycles. The Labute approximate surface area is 129 Å². The summed E-state index contributed by atoms with van der Waals surface area (Å²) in [5.41, 5.74) is 1.63. The molecule has 2 aromatic carbocycles. The van der Waals surface area contributed by atoms with Gasteiger partial charge < -0.3 is 10.6 Å². The van der Waals surface area contributed by atoms with E-state index < -0.39 is 6.04 Å². The fourth-order valence-corrected chi connectivity index (χ4v) is 1.84. The van der Waals surface area contributed by atoms with E-state index in [9.17, 15) is 9.59 Å². The minimum absolute atomic E-state index is 0.257. The van der Waals surface area contributed by atoms with Gasteiger partial charge in [-0.05, 0) is 30.7 Å². The van der Waals surface area contributed by atoms with E-state index in [1.54, 1.807) is 25.1 Å². The monoisotopic (exact) mass is 294 g/mol. The van der Waals surface area contributed by atoms with Crippen molar-refractivity contribution in [2.75, 3.05) is 5.32 Å². The van der Waals surface area contributed by atoms with Gasteiger partial charge in [0.05, 0.1) is 0 Å². The molecule has 112 valence electrons. The molecule has 0 radical (unpaired) electrons. The van der Waals surface area contributed by atoms with Crippen molar-refractivity contribution in [3.63, 3.8) is 0 Å². The summed E-state index contributed by atoms with van der Waals surface area (Å²) in [4.78, 5) is 23.8. The maximum atomic E-state index is 12.0. The second kappa shape index (κ2) is 7.78. The molecule has 2 aromatic rings. The SMILES string of the molecule is CC(NC(=O)/C=C/c1ccccc1)C(=O)Nc1ccccc1.